The lowest BCUT2D eigenvalue weighted by atomic mass is 10.3. The molecule has 0 aliphatic heterocycles. The van der Waals surface area contributed by atoms with Crippen molar-refractivity contribution in [2.45, 2.75) is 10.1 Å². The van der Waals surface area contributed by atoms with Gasteiger partial charge in [0, 0.05) is 17.7 Å². The third-order valence-electron chi connectivity index (χ3n) is 1.82. The average Bonchev–Trinajstić information content (AvgIpc) is 2.20. The van der Waals surface area contributed by atoms with Crippen LogP contribution < -0.4 is 5.73 Å². The zero-order valence-electron chi connectivity index (χ0n) is 8.64. The van der Waals surface area contributed by atoms with Crippen LogP contribution in [0.15, 0.2) is 23.1 Å². The number of nitrogens with two attached hydrogens (primary N) is 1. The Kier molecular flexibility index (Phi) is 4.92. The molecule has 0 amide bonds. The summed E-state index contributed by atoms with van der Waals surface area (Å²) >= 11 is 7.09. The molecule has 0 spiro atoms. The highest BCUT2D eigenvalue weighted by molar-refractivity contribution is 8.00. The molecule has 0 bridgehead atoms. The molecule has 6 heteroatoms. The summed E-state index contributed by atoms with van der Waals surface area (Å²) in [6.45, 7) is 0.126. The van der Waals surface area contributed by atoms with Gasteiger partial charge in [-0.1, -0.05) is 11.6 Å². The number of ether oxygens (including phenoxy) is 1. The van der Waals surface area contributed by atoms with Crippen molar-refractivity contribution in [2.75, 3.05) is 19.5 Å². The monoisotopic (exact) mass is 261 g/mol. The first-order chi connectivity index (χ1) is 7.54. The molecule has 3 N–H and O–H groups in total. The van der Waals surface area contributed by atoms with E-state index in [1.165, 1.54) is 7.11 Å². The van der Waals surface area contributed by atoms with E-state index < -0.39 is 11.2 Å². The highest BCUT2D eigenvalue weighted by atomic mass is 35.5. The molecule has 0 aliphatic carbocycles. The van der Waals surface area contributed by atoms with E-state index >= 15 is 0 Å². The number of nitrogen functional groups attached to an aromatic ring is 1. The van der Waals surface area contributed by atoms with Crippen LogP contribution in [0.1, 0.15) is 0 Å². The number of anilines is 1. The molecule has 4 nitrogen and oxygen atoms in total. The highest BCUT2D eigenvalue weighted by Gasteiger charge is 2.19. The summed E-state index contributed by atoms with van der Waals surface area (Å²) in [5, 5.41) is 8.72. The van der Waals surface area contributed by atoms with Crippen LogP contribution in [0.3, 0.4) is 0 Å². The number of carboxylic acid groups (broad SMARTS) is 1. The second kappa shape index (κ2) is 5.98. The van der Waals surface area contributed by atoms with Gasteiger partial charge < -0.3 is 15.6 Å². The molecule has 0 heterocycles. The van der Waals surface area contributed by atoms with E-state index in [0.717, 1.165) is 11.8 Å². The standard InChI is InChI=1S/C10H12ClNO3S/c1-15-5-9(10(13)14)16-8-3-2-6(12)4-7(8)11/h2-4,9H,5,12H2,1H3,(H,13,14). The molecule has 0 saturated carbocycles. The maximum atomic E-state index is 10.9. The van der Waals surface area contributed by atoms with Crippen molar-refractivity contribution in [1.29, 1.82) is 0 Å². The molecule has 0 aromatic heterocycles. The fraction of sp³-hybridized carbons (Fsp3) is 0.300. The summed E-state index contributed by atoms with van der Waals surface area (Å²) in [5.41, 5.74) is 6.09. The van der Waals surface area contributed by atoms with Gasteiger partial charge in [0.2, 0.25) is 0 Å². The van der Waals surface area contributed by atoms with Crippen molar-refractivity contribution >= 4 is 35.0 Å². The topological polar surface area (TPSA) is 72.5 Å². The quantitative estimate of drug-likeness (QED) is 0.627. The summed E-state index contributed by atoms with van der Waals surface area (Å²) in [5.74, 6) is -0.931. The number of methoxy groups -OCH3 is 1. The number of benzene rings is 1. The Morgan fingerprint density at radius 2 is 2.38 bits per heavy atom. The van der Waals surface area contributed by atoms with Crippen molar-refractivity contribution in [1.82, 2.24) is 0 Å². The van der Waals surface area contributed by atoms with Crippen molar-refractivity contribution in [3.8, 4) is 0 Å². The van der Waals surface area contributed by atoms with Crippen LogP contribution >= 0.6 is 23.4 Å². The number of aliphatic carboxylic acids is 1. The van der Waals surface area contributed by atoms with Gasteiger partial charge in [0.15, 0.2) is 0 Å². The van der Waals surface area contributed by atoms with E-state index in [4.69, 9.17) is 27.2 Å². The number of hydrogen-bond acceptors (Lipinski definition) is 4. The van der Waals surface area contributed by atoms with Crippen LogP contribution in [0.5, 0.6) is 0 Å². The van der Waals surface area contributed by atoms with Gasteiger partial charge in [0.1, 0.15) is 5.25 Å². The Morgan fingerprint density at radius 1 is 1.69 bits per heavy atom. The van der Waals surface area contributed by atoms with E-state index in [2.05, 4.69) is 0 Å². The Labute approximate surface area is 103 Å². The maximum absolute atomic E-state index is 10.9. The predicted molar refractivity (Wildman–Crippen MR) is 65.0 cm³/mol. The Bertz CT molecular complexity index is 386. The Hall–Kier alpha value is -0.910. The average molecular weight is 262 g/mol. The molecular formula is C10H12ClNO3S. The normalized spacial score (nSPS) is 12.4. The molecule has 1 aromatic carbocycles. The van der Waals surface area contributed by atoms with Crippen molar-refractivity contribution < 1.29 is 14.6 Å². The number of thioether (sulfide) groups is 1. The molecule has 88 valence electrons. The molecule has 1 rings (SSSR count). The highest BCUT2D eigenvalue weighted by Crippen LogP contribution is 2.32. The molecule has 16 heavy (non-hydrogen) atoms. The van der Waals surface area contributed by atoms with Gasteiger partial charge in [-0.25, -0.2) is 0 Å². The van der Waals surface area contributed by atoms with Gasteiger partial charge in [-0.2, -0.15) is 0 Å². The summed E-state index contributed by atoms with van der Waals surface area (Å²) in [6.07, 6.45) is 0. The van der Waals surface area contributed by atoms with Crippen LogP contribution in [-0.2, 0) is 9.53 Å². The lowest BCUT2D eigenvalue weighted by Gasteiger charge is -2.12. The van der Waals surface area contributed by atoms with Crippen LogP contribution in [0.4, 0.5) is 5.69 Å². The fourth-order valence-corrected chi connectivity index (χ4v) is 2.33. The summed E-state index contributed by atoms with van der Waals surface area (Å²) in [4.78, 5) is 11.6. The van der Waals surface area contributed by atoms with Crippen LogP contribution in [0, 0.1) is 0 Å². The van der Waals surface area contributed by atoms with Crippen LogP contribution in [-0.4, -0.2) is 30.0 Å². The van der Waals surface area contributed by atoms with E-state index in [1.807, 2.05) is 0 Å². The molecule has 1 unspecified atom stereocenters. The number of hydrogen-bond donors (Lipinski definition) is 2. The van der Waals surface area contributed by atoms with Crippen molar-refractivity contribution in [3.63, 3.8) is 0 Å². The van der Waals surface area contributed by atoms with Gasteiger partial charge in [-0.15, -0.1) is 11.8 Å². The summed E-state index contributed by atoms with van der Waals surface area (Å²) in [7, 11) is 1.46. The van der Waals surface area contributed by atoms with E-state index in [-0.39, 0.29) is 6.61 Å². The van der Waals surface area contributed by atoms with E-state index in [9.17, 15) is 4.79 Å². The predicted octanol–water partition coefficient (Wildman–Crippen LogP) is 2.11. The lowest BCUT2D eigenvalue weighted by Crippen LogP contribution is -2.21. The molecular weight excluding hydrogens is 250 g/mol. The third kappa shape index (κ3) is 3.59. The Balaban J connectivity index is 2.81. The van der Waals surface area contributed by atoms with Crippen LogP contribution in [0.25, 0.3) is 0 Å². The second-order valence-corrected chi connectivity index (χ2v) is 4.74. The van der Waals surface area contributed by atoms with E-state index in [0.29, 0.717) is 15.6 Å². The molecule has 0 radical (unpaired) electrons. The van der Waals surface area contributed by atoms with Gasteiger partial charge in [-0.3, -0.25) is 4.79 Å². The number of halogens is 1. The summed E-state index contributed by atoms with van der Waals surface area (Å²) in [6, 6.07) is 4.98. The zero-order chi connectivity index (χ0) is 12.1. The minimum Gasteiger partial charge on any atom is -0.480 e. The number of carbonyl (C=O) groups is 1. The van der Waals surface area contributed by atoms with Gasteiger partial charge in [0.05, 0.1) is 11.6 Å². The summed E-state index contributed by atoms with van der Waals surface area (Å²) < 4.78 is 4.83. The molecule has 1 aromatic rings. The number of carboxylic acids is 1. The smallest absolute Gasteiger partial charge is 0.319 e. The first-order valence-corrected chi connectivity index (χ1v) is 5.73. The van der Waals surface area contributed by atoms with Gasteiger partial charge in [0.25, 0.3) is 0 Å². The lowest BCUT2D eigenvalue weighted by molar-refractivity contribution is -0.137. The fourth-order valence-electron chi connectivity index (χ4n) is 1.07. The molecule has 0 fully saturated rings. The van der Waals surface area contributed by atoms with Gasteiger partial charge in [-0.05, 0) is 18.2 Å². The van der Waals surface area contributed by atoms with Crippen LogP contribution in [0.2, 0.25) is 5.02 Å². The maximum Gasteiger partial charge on any atom is 0.319 e. The Morgan fingerprint density at radius 3 is 2.88 bits per heavy atom. The minimum absolute atomic E-state index is 0.126. The first-order valence-electron chi connectivity index (χ1n) is 4.48. The van der Waals surface area contributed by atoms with E-state index in [1.54, 1.807) is 18.2 Å². The second-order valence-electron chi connectivity index (χ2n) is 3.09. The van der Waals surface area contributed by atoms with Crippen molar-refractivity contribution in [2.24, 2.45) is 0 Å². The number of rotatable bonds is 5. The zero-order valence-corrected chi connectivity index (χ0v) is 10.2. The van der Waals surface area contributed by atoms with Crippen molar-refractivity contribution in [3.05, 3.63) is 23.2 Å². The SMILES string of the molecule is COCC(Sc1ccc(N)cc1Cl)C(=O)O. The molecule has 0 aliphatic rings. The molecule has 0 saturated heterocycles. The van der Waals surface area contributed by atoms with Gasteiger partial charge >= 0.3 is 5.97 Å². The first kappa shape index (κ1) is 13.2. The minimum atomic E-state index is -0.931. The largest absolute Gasteiger partial charge is 0.480 e. The molecule has 1 atom stereocenters. The third-order valence-corrected chi connectivity index (χ3v) is 3.48.